The van der Waals surface area contributed by atoms with Crippen molar-refractivity contribution >= 4 is 5.78 Å². The molecule has 1 rings (SSSR count). The minimum absolute atomic E-state index is 0.0637. The molecule has 3 heteroatoms. The van der Waals surface area contributed by atoms with E-state index in [-0.39, 0.29) is 17.6 Å². The third kappa shape index (κ3) is 1.63. The topological polar surface area (TPSA) is 41.7 Å². The fourth-order valence-corrected chi connectivity index (χ4v) is 2.62. The number of likely N-dealkylation sites (tertiary alicyclic amines) is 1. The van der Waals surface area contributed by atoms with Crippen molar-refractivity contribution in [3.8, 4) is 0 Å². The van der Waals surface area contributed by atoms with E-state index in [1.54, 1.807) is 0 Å². The van der Waals surface area contributed by atoms with E-state index in [2.05, 4.69) is 7.05 Å². The fraction of sp³-hybridized carbons (Fsp3) is 0.900. The number of ketones is 1. The molecule has 13 heavy (non-hydrogen) atoms. The van der Waals surface area contributed by atoms with E-state index in [4.69, 9.17) is 0 Å². The highest BCUT2D eigenvalue weighted by Crippen LogP contribution is 2.28. The molecule has 3 nitrogen and oxygen atoms in total. The SMILES string of the molecule is CC(=O)C1(O)[C@H](C)C[NH+](C)C[C@H]1C. The summed E-state index contributed by atoms with van der Waals surface area (Å²) in [4.78, 5) is 12.8. The lowest BCUT2D eigenvalue weighted by atomic mass is 9.73. The van der Waals surface area contributed by atoms with Crippen molar-refractivity contribution in [2.24, 2.45) is 11.8 Å². The van der Waals surface area contributed by atoms with Gasteiger partial charge in [-0.15, -0.1) is 0 Å². The van der Waals surface area contributed by atoms with Gasteiger partial charge in [-0.1, -0.05) is 13.8 Å². The number of rotatable bonds is 1. The standard InChI is InChI=1S/C10H19NO2/c1-7-5-11(4)6-8(2)10(7,13)9(3)12/h7-8,13H,5-6H2,1-4H3/p+1/t7-,8-/m1/s1. The zero-order valence-corrected chi connectivity index (χ0v) is 8.92. The Labute approximate surface area is 79.7 Å². The third-order valence-corrected chi connectivity index (χ3v) is 3.38. The van der Waals surface area contributed by atoms with Gasteiger partial charge < -0.3 is 10.0 Å². The van der Waals surface area contributed by atoms with Crippen LogP contribution in [0.25, 0.3) is 0 Å². The Hall–Kier alpha value is -0.410. The molecule has 0 aromatic carbocycles. The Balaban J connectivity index is 2.89. The van der Waals surface area contributed by atoms with Crippen LogP contribution in [0.1, 0.15) is 20.8 Å². The molecule has 1 aliphatic heterocycles. The Morgan fingerprint density at radius 2 is 1.77 bits per heavy atom. The van der Waals surface area contributed by atoms with Gasteiger partial charge >= 0.3 is 0 Å². The molecular formula is C10H20NO2+. The number of aliphatic hydroxyl groups is 1. The summed E-state index contributed by atoms with van der Waals surface area (Å²) in [6.45, 7) is 7.16. The molecule has 0 aromatic heterocycles. The lowest BCUT2D eigenvalue weighted by Crippen LogP contribution is -3.13. The predicted molar refractivity (Wildman–Crippen MR) is 50.6 cm³/mol. The second-order valence-corrected chi connectivity index (χ2v) is 4.55. The van der Waals surface area contributed by atoms with Gasteiger partial charge in [0.2, 0.25) is 0 Å². The van der Waals surface area contributed by atoms with Crippen molar-refractivity contribution < 1.29 is 14.8 Å². The van der Waals surface area contributed by atoms with Crippen LogP contribution in [0.3, 0.4) is 0 Å². The Kier molecular flexibility index (Phi) is 2.78. The largest absolute Gasteiger partial charge is 0.381 e. The van der Waals surface area contributed by atoms with E-state index in [1.807, 2.05) is 13.8 Å². The van der Waals surface area contributed by atoms with Crippen LogP contribution in [0.15, 0.2) is 0 Å². The molecule has 76 valence electrons. The third-order valence-electron chi connectivity index (χ3n) is 3.38. The average Bonchev–Trinajstić information content (AvgIpc) is 1.99. The molecule has 2 N–H and O–H groups in total. The lowest BCUT2D eigenvalue weighted by molar-refractivity contribution is -0.895. The summed E-state index contributed by atoms with van der Waals surface area (Å²) >= 11 is 0. The Bertz CT molecular complexity index is 203. The molecule has 2 atom stereocenters. The summed E-state index contributed by atoms with van der Waals surface area (Å²) in [6, 6.07) is 0. The Morgan fingerprint density at radius 3 is 2.08 bits per heavy atom. The van der Waals surface area contributed by atoms with Gasteiger partial charge in [0.25, 0.3) is 0 Å². The fourth-order valence-electron chi connectivity index (χ4n) is 2.62. The summed E-state index contributed by atoms with van der Waals surface area (Å²) in [6.07, 6.45) is 0. The summed E-state index contributed by atoms with van der Waals surface area (Å²) in [5, 5.41) is 10.2. The highest BCUT2D eigenvalue weighted by Gasteiger charge is 2.49. The summed E-state index contributed by atoms with van der Waals surface area (Å²) in [5.41, 5.74) is -1.08. The van der Waals surface area contributed by atoms with Crippen molar-refractivity contribution in [1.29, 1.82) is 0 Å². The second kappa shape index (κ2) is 3.39. The number of Topliss-reactive ketones (excluding diaryl/α,β-unsaturated/α-hetero) is 1. The first kappa shape index (κ1) is 10.7. The van der Waals surface area contributed by atoms with Crippen molar-refractivity contribution in [3.05, 3.63) is 0 Å². The van der Waals surface area contributed by atoms with Crippen LogP contribution in [0.5, 0.6) is 0 Å². The van der Waals surface area contributed by atoms with Crippen LogP contribution in [-0.2, 0) is 4.79 Å². The molecular weight excluding hydrogens is 166 g/mol. The molecule has 1 saturated heterocycles. The van der Waals surface area contributed by atoms with E-state index in [1.165, 1.54) is 11.8 Å². The summed E-state index contributed by atoms with van der Waals surface area (Å²) in [7, 11) is 2.10. The summed E-state index contributed by atoms with van der Waals surface area (Å²) < 4.78 is 0. The zero-order chi connectivity index (χ0) is 10.2. The van der Waals surface area contributed by atoms with Crippen molar-refractivity contribution in [3.63, 3.8) is 0 Å². The minimum atomic E-state index is -1.08. The number of hydrogen-bond acceptors (Lipinski definition) is 2. The molecule has 0 bridgehead atoms. The molecule has 0 radical (unpaired) electrons. The van der Waals surface area contributed by atoms with Crippen molar-refractivity contribution in [2.45, 2.75) is 26.4 Å². The molecule has 0 amide bonds. The first-order valence-electron chi connectivity index (χ1n) is 4.93. The van der Waals surface area contributed by atoms with Gasteiger partial charge in [0, 0.05) is 11.8 Å². The molecule has 1 aliphatic rings. The maximum absolute atomic E-state index is 11.4. The van der Waals surface area contributed by atoms with Gasteiger partial charge in [0.15, 0.2) is 5.78 Å². The van der Waals surface area contributed by atoms with E-state index in [0.29, 0.717) is 0 Å². The average molecular weight is 186 g/mol. The van der Waals surface area contributed by atoms with Crippen LogP contribution >= 0.6 is 0 Å². The maximum Gasteiger partial charge on any atom is 0.162 e. The Morgan fingerprint density at radius 1 is 1.38 bits per heavy atom. The summed E-state index contributed by atoms with van der Waals surface area (Å²) in [5.74, 6) is 0.0440. The highest BCUT2D eigenvalue weighted by atomic mass is 16.3. The molecule has 1 fully saturated rings. The molecule has 0 aromatic rings. The van der Waals surface area contributed by atoms with Crippen LogP contribution in [0.2, 0.25) is 0 Å². The van der Waals surface area contributed by atoms with Crippen LogP contribution in [0, 0.1) is 11.8 Å². The first-order chi connectivity index (χ1) is 5.89. The number of carbonyl (C=O) groups excluding carboxylic acids is 1. The monoisotopic (exact) mass is 186 g/mol. The lowest BCUT2D eigenvalue weighted by Gasteiger charge is -2.42. The van der Waals surface area contributed by atoms with Gasteiger partial charge in [-0.2, -0.15) is 0 Å². The number of piperidine rings is 1. The molecule has 0 unspecified atom stereocenters. The maximum atomic E-state index is 11.4. The second-order valence-electron chi connectivity index (χ2n) is 4.55. The van der Waals surface area contributed by atoms with E-state index in [9.17, 15) is 9.90 Å². The predicted octanol–water partition coefficient (Wildman–Crippen LogP) is -0.893. The number of quaternary nitrogens is 1. The highest BCUT2D eigenvalue weighted by molar-refractivity contribution is 5.85. The minimum Gasteiger partial charge on any atom is -0.381 e. The normalized spacial score (nSPS) is 46.1. The molecule has 0 saturated carbocycles. The van der Waals surface area contributed by atoms with Gasteiger partial charge in [-0.3, -0.25) is 4.79 Å². The van der Waals surface area contributed by atoms with Crippen molar-refractivity contribution in [1.82, 2.24) is 0 Å². The number of hydrogen-bond donors (Lipinski definition) is 2. The molecule has 0 aliphatic carbocycles. The van der Waals surface area contributed by atoms with Gasteiger partial charge in [-0.25, -0.2) is 0 Å². The van der Waals surface area contributed by atoms with Gasteiger partial charge in [-0.05, 0) is 6.92 Å². The smallest absolute Gasteiger partial charge is 0.162 e. The van der Waals surface area contributed by atoms with Gasteiger partial charge in [0.1, 0.15) is 5.60 Å². The molecule has 0 spiro atoms. The number of nitrogens with one attached hydrogen (secondary N) is 1. The molecule has 1 heterocycles. The van der Waals surface area contributed by atoms with E-state index in [0.717, 1.165) is 13.1 Å². The van der Waals surface area contributed by atoms with Crippen LogP contribution in [0.4, 0.5) is 0 Å². The van der Waals surface area contributed by atoms with Gasteiger partial charge in [0.05, 0.1) is 20.1 Å². The van der Waals surface area contributed by atoms with Crippen LogP contribution < -0.4 is 4.90 Å². The number of carbonyl (C=O) groups is 1. The zero-order valence-electron chi connectivity index (χ0n) is 8.92. The quantitative estimate of drug-likeness (QED) is 0.558. The first-order valence-corrected chi connectivity index (χ1v) is 4.93. The van der Waals surface area contributed by atoms with Crippen molar-refractivity contribution in [2.75, 3.05) is 20.1 Å². The van der Waals surface area contributed by atoms with Crippen LogP contribution in [-0.4, -0.2) is 36.6 Å². The van der Waals surface area contributed by atoms with E-state index >= 15 is 0 Å². The van der Waals surface area contributed by atoms with E-state index < -0.39 is 5.60 Å².